The quantitative estimate of drug-likeness (QED) is 0.460. The van der Waals surface area contributed by atoms with Crippen LogP contribution in [0.5, 0.6) is 0 Å². The Balaban J connectivity index is 1.35. The summed E-state index contributed by atoms with van der Waals surface area (Å²) >= 11 is 1.52. The van der Waals surface area contributed by atoms with Crippen LogP contribution in [0, 0.1) is 0 Å². The molecule has 1 atom stereocenters. The summed E-state index contributed by atoms with van der Waals surface area (Å²) in [6.45, 7) is 1.67. The molecule has 4 amide bonds. The van der Waals surface area contributed by atoms with Crippen LogP contribution in [0.2, 0.25) is 0 Å². The molecular weight excluding hydrogens is 436 g/mol. The van der Waals surface area contributed by atoms with Gasteiger partial charge in [-0.2, -0.15) is 0 Å². The summed E-state index contributed by atoms with van der Waals surface area (Å²) in [6, 6.07) is 20.6. The molecule has 2 heterocycles. The molecule has 0 spiro atoms. The van der Waals surface area contributed by atoms with Crippen molar-refractivity contribution in [1.82, 2.24) is 20.1 Å². The first-order valence-electron chi connectivity index (χ1n) is 10.6. The average molecular weight is 459 g/mol. The zero-order valence-corrected chi connectivity index (χ0v) is 19.1. The first-order valence-corrected chi connectivity index (χ1v) is 11.4. The van der Waals surface area contributed by atoms with Crippen LogP contribution in [0.1, 0.15) is 17.5 Å². The minimum atomic E-state index is -1.25. The monoisotopic (exact) mass is 458 g/mol. The Morgan fingerprint density at radius 1 is 1.06 bits per heavy atom. The van der Waals surface area contributed by atoms with E-state index in [1.807, 2.05) is 66.7 Å². The van der Waals surface area contributed by atoms with Crippen molar-refractivity contribution in [2.45, 2.75) is 19.0 Å². The number of likely N-dealkylation sites (N-methyl/N-ethyl adjacent to an activating group) is 1. The lowest BCUT2D eigenvalue weighted by molar-refractivity contribution is -0.138. The topological polar surface area (TPSA) is 82.6 Å². The number of nitrogens with one attached hydrogen (secondary N) is 1. The fourth-order valence-electron chi connectivity index (χ4n) is 4.22. The van der Waals surface area contributed by atoms with Crippen LogP contribution in [0.25, 0.3) is 21.0 Å². The highest BCUT2D eigenvalue weighted by molar-refractivity contribution is 7.18. The van der Waals surface area contributed by atoms with Crippen LogP contribution in [-0.4, -0.2) is 46.2 Å². The lowest BCUT2D eigenvalue weighted by Crippen LogP contribution is -2.43. The number of imide groups is 1. The standard InChI is InChI=1S/C25H22N4O3S/c1-25(18-11-7-9-16-8-3-4-10-17(16)18)23(31)29(24(32)27-25)15-22(30)28(2)14-21-26-19-12-5-6-13-20(19)33-21/h3-13H,14-15H2,1-2H3,(H,27,32)/t25-/m1/s1. The number of thiazole rings is 1. The van der Waals surface area contributed by atoms with Gasteiger partial charge in [-0.25, -0.2) is 9.78 Å². The molecule has 33 heavy (non-hydrogen) atoms. The molecule has 0 bridgehead atoms. The van der Waals surface area contributed by atoms with Crippen LogP contribution >= 0.6 is 11.3 Å². The number of hydrogen-bond donors (Lipinski definition) is 1. The van der Waals surface area contributed by atoms with E-state index in [0.717, 1.165) is 30.9 Å². The molecule has 8 heteroatoms. The third-order valence-electron chi connectivity index (χ3n) is 6.03. The molecule has 5 rings (SSSR count). The van der Waals surface area contributed by atoms with Gasteiger partial charge in [0.2, 0.25) is 5.91 Å². The van der Waals surface area contributed by atoms with Gasteiger partial charge < -0.3 is 10.2 Å². The van der Waals surface area contributed by atoms with Crippen molar-refractivity contribution in [3.05, 3.63) is 77.3 Å². The number of aromatic nitrogens is 1. The van der Waals surface area contributed by atoms with Gasteiger partial charge in [-0.15, -0.1) is 11.3 Å². The molecule has 1 fully saturated rings. The molecule has 0 saturated carbocycles. The van der Waals surface area contributed by atoms with E-state index in [1.165, 1.54) is 16.2 Å². The maximum atomic E-state index is 13.4. The zero-order valence-electron chi connectivity index (χ0n) is 18.2. The van der Waals surface area contributed by atoms with Gasteiger partial charge >= 0.3 is 6.03 Å². The van der Waals surface area contributed by atoms with Crippen molar-refractivity contribution >= 4 is 50.2 Å². The van der Waals surface area contributed by atoms with Crippen molar-refractivity contribution < 1.29 is 14.4 Å². The molecule has 166 valence electrons. The maximum Gasteiger partial charge on any atom is 0.325 e. The maximum absolute atomic E-state index is 13.4. The normalized spacial score (nSPS) is 18.2. The molecular formula is C25H22N4O3S. The van der Waals surface area contributed by atoms with Gasteiger partial charge in [-0.1, -0.05) is 54.6 Å². The van der Waals surface area contributed by atoms with Crippen molar-refractivity contribution in [1.29, 1.82) is 0 Å². The molecule has 7 nitrogen and oxygen atoms in total. The molecule has 1 aromatic heterocycles. The fourth-order valence-corrected chi connectivity index (χ4v) is 5.24. The van der Waals surface area contributed by atoms with Crippen molar-refractivity contribution in [3.8, 4) is 0 Å². The molecule has 1 aliphatic rings. The predicted octanol–water partition coefficient (Wildman–Crippen LogP) is 3.88. The Bertz CT molecular complexity index is 1380. The average Bonchev–Trinajstić information content (AvgIpc) is 3.32. The minimum absolute atomic E-state index is 0.308. The summed E-state index contributed by atoms with van der Waals surface area (Å²) in [5, 5.41) is 5.46. The van der Waals surface area contributed by atoms with Crippen LogP contribution < -0.4 is 5.32 Å². The largest absolute Gasteiger partial charge is 0.337 e. The van der Waals surface area contributed by atoms with E-state index in [1.54, 1.807) is 14.0 Å². The second-order valence-electron chi connectivity index (χ2n) is 8.30. The van der Waals surface area contributed by atoms with Gasteiger partial charge in [-0.3, -0.25) is 14.5 Å². The van der Waals surface area contributed by atoms with Crippen LogP contribution in [0.15, 0.2) is 66.7 Å². The van der Waals surface area contributed by atoms with E-state index in [2.05, 4.69) is 10.3 Å². The fraction of sp³-hybridized carbons (Fsp3) is 0.200. The Hall–Kier alpha value is -3.78. The molecule has 0 aliphatic carbocycles. The van der Waals surface area contributed by atoms with Gasteiger partial charge in [0.25, 0.3) is 5.91 Å². The molecule has 3 aromatic carbocycles. The number of amides is 4. The van der Waals surface area contributed by atoms with Gasteiger partial charge in [0.15, 0.2) is 0 Å². The number of rotatable bonds is 5. The lowest BCUT2D eigenvalue weighted by atomic mass is 9.88. The van der Waals surface area contributed by atoms with E-state index in [9.17, 15) is 14.4 Å². The van der Waals surface area contributed by atoms with Crippen LogP contribution in [-0.2, 0) is 21.7 Å². The summed E-state index contributed by atoms with van der Waals surface area (Å²) < 4.78 is 1.05. The smallest absolute Gasteiger partial charge is 0.325 e. The zero-order chi connectivity index (χ0) is 23.2. The van der Waals surface area contributed by atoms with E-state index >= 15 is 0 Å². The van der Waals surface area contributed by atoms with Crippen molar-refractivity contribution in [2.75, 3.05) is 13.6 Å². The van der Waals surface area contributed by atoms with Gasteiger partial charge in [0.1, 0.15) is 17.1 Å². The Morgan fingerprint density at radius 3 is 2.61 bits per heavy atom. The molecule has 1 saturated heterocycles. The lowest BCUT2D eigenvalue weighted by Gasteiger charge is -2.24. The molecule has 1 aliphatic heterocycles. The van der Waals surface area contributed by atoms with E-state index in [4.69, 9.17) is 0 Å². The predicted molar refractivity (Wildman–Crippen MR) is 128 cm³/mol. The highest BCUT2D eigenvalue weighted by Gasteiger charge is 2.50. The number of urea groups is 1. The van der Waals surface area contributed by atoms with Crippen LogP contribution in [0.4, 0.5) is 4.79 Å². The van der Waals surface area contributed by atoms with E-state index < -0.39 is 17.5 Å². The number of carbonyl (C=O) groups excluding carboxylic acids is 3. The Morgan fingerprint density at radius 2 is 1.79 bits per heavy atom. The molecule has 1 N–H and O–H groups in total. The summed E-state index contributed by atoms with van der Waals surface area (Å²) in [6.07, 6.45) is 0. The number of para-hydroxylation sites is 1. The van der Waals surface area contributed by atoms with Gasteiger partial charge in [0.05, 0.1) is 16.8 Å². The summed E-state index contributed by atoms with van der Waals surface area (Å²) in [7, 11) is 1.65. The number of fused-ring (bicyclic) bond motifs is 2. The Labute approximate surface area is 194 Å². The van der Waals surface area contributed by atoms with Crippen molar-refractivity contribution in [2.24, 2.45) is 0 Å². The first kappa shape index (κ1) is 21.1. The minimum Gasteiger partial charge on any atom is -0.337 e. The van der Waals surface area contributed by atoms with E-state index in [0.29, 0.717) is 12.1 Å². The number of benzene rings is 3. The molecule has 0 unspecified atom stereocenters. The number of nitrogens with zero attached hydrogens (tertiary/aromatic N) is 3. The molecule has 4 aromatic rings. The second kappa shape index (κ2) is 7.97. The van der Waals surface area contributed by atoms with Gasteiger partial charge in [-0.05, 0) is 35.4 Å². The summed E-state index contributed by atoms with van der Waals surface area (Å²) in [5.74, 6) is -0.773. The highest BCUT2D eigenvalue weighted by atomic mass is 32.1. The Kier molecular flexibility index (Phi) is 5.09. The SMILES string of the molecule is CN(Cc1nc2ccccc2s1)C(=O)CN1C(=O)N[C@](C)(c2cccc3ccccc23)C1=O. The van der Waals surface area contributed by atoms with Crippen molar-refractivity contribution in [3.63, 3.8) is 0 Å². The van der Waals surface area contributed by atoms with Crippen LogP contribution in [0.3, 0.4) is 0 Å². The first-order chi connectivity index (χ1) is 15.9. The summed E-state index contributed by atoms with van der Waals surface area (Å²) in [5.41, 5.74) is 0.346. The van der Waals surface area contributed by atoms with Gasteiger partial charge in [0, 0.05) is 7.05 Å². The number of hydrogen-bond acceptors (Lipinski definition) is 5. The third kappa shape index (κ3) is 3.62. The third-order valence-corrected chi connectivity index (χ3v) is 7.05. The summed E-state index contributed by atoms with van der Waals surface area (Å²) in [4.78, 5) is 46.1. The number of carbonyl (C=O) groups is 3. The second-order valence-corrected chi connectivity index (χ2v) is 9.41. The molecule has 0 radical (unpaired) electrons. The highest BCUT2D eigenvalue weighted by Crippen LogP contribution is 2.34. The van der Waals surface area contributed by atoms with E-state index in [-0.39, 0.29) is 12.5 Å².